The number of hydrogen-bond acceptors (Lipinski definition) is 3. The van der Waals surface area contributed by atoms with E-state index in [4.69, 9.17) is 14.4 Å². The Hall–Kier alpha value is -7.30. The molecule has 54 heavy (non-hydrogen) atoms. The molecule has 4 heteroatoms. The minimum Gasteiger partial charge on any atom is -0.456 e. The fourth-order valence-corrected chi connectivity index (χ4v) is 8.17. The van der Waals surface area contributed by atoms with Crippen LogP contribution in [0.15, 0.2) is 192 Å². The molecule has 252 valence electrons. The third kappa shape index (κ3) is 4.78. The summed E-state index contributed by atoms with van der Waals surface area (Å²) >= 11 is 0. The van der Waals surface area contributed by atoms with Crippen molar-refractivity contribution in [2.75, 3.05) is 0 Å². The lowest BCUT2D eigenvalue weighted by Crippen LogP contribution is -1.97. The van der Waals surface area contributed by atoms with Crippen molar-refractivity contribution in [3.63, 3.8) is 0 Å². The quantitative estimate of drug-likeness (QED) is 0.169. The van der Waals surface area contributed by atoms with E-state index in [0.29, 0.717) is 0 Å². The highest BCUT2D eigenvalue weighted by Crippen LogP contribution is 2.46. The maximum Gasteiger partial charge on any atom is 0.145 e. The standard InChI is InChI=1S/C50H31N3O/c1-3-15-32(16-4-1)46-47-38-23-7-9-25-41(38)51-49(40(47)31-45-48(46)39-24-8-12-28-44(39)54-45)35-19-13-17-33(29-35)34-18-14-20-36(30-34)50-52-42-26-10-11-27-43(42)53(50)37-21-5-2-6-22-37/h1-31H. The van der Waals surface area contributed by atoms with E-state index in [-0.39, 0.29) is 0 Å². The molecule has 0 spiro atoms. The molecular formula is C50H31N3O. The van der Waals surface area contributed by atoms with Crippen LogP contribution >= 0.6 is 0 Å². The van der Waals surface area contributed by atoms with Gasteiger partial charge in [0.15, 0.2) is 0 Å². The summed E-state index contributed by atoms with van der Waals surface area (Å²) in [5.74, 6) is 0.908. The number of imidazole rings is 1. The second kappa shape index (κ2) is 12.1. The summed E-state index contributed by atoms with van der Waals surface area (Å²) in [4.78, 5) is 10.5. The van der Waals surface area contributed by atoms with Gasteiger partial charge < -0.3 is 4.42 Å². The van der Waals surface area contributed by atoms with E-state index in [1.807, 2.05) is 18.2 Å². The molecule has 3 heterocycles. The zero-order chi connectivity index (χ0) is 35.6. The van der Waals surface area contributed by atoms with E-state index >= 15 is 0 Å². The Morgan fingerprint density at radius 1 is 0.389 bits per heavy atom. The maximum atomic E-state index is 6.60. The van der Waals surface area contributed by atoms with Gasteiger partial charge in [-0.2, -0.15) is 0 Å². The van der Waals surface area contributed by atoms with Gasteiger partial charge in [-0.1, -0.05) is 133 Å². The molecule has 0 saturated carbocycles. The lowest BCUT2D eigenvalue weighted by Gasteiger charge is -2.16. The normalized spacial score (nSPS) is 11.7. The van der Waals surface area contributed by atoms with E-state index in [2.05, 4.69) is 174 Å². The third-order valence-electron chi connectivity index (χ3n) is 10.6. The first-order valence-electron chi connectivity index (χ1n) is 18.2. The van der Waals surface area contributed by atoms with Gasteiger partial charge in [0.25, 0.3) is 0 Å². The van der Waals surface area contributed by atoms with Gasteiger partial charge in [-0.15, -0.1) is 0 Å². The number of aromatic nitrogens is 3. The lowest BCUT2D eigenvalue weighted by atomic mass is 9.89. The monoisotopic (exact) mass is 689 g/mol. The van der Waals surface area contributed by atoms with Crippen molar-refractivity contribution in [3.8, 4) is 50.6 Å². The minimum atomic E-state index is 0.853. The summed E-state index contributed by atoms with van der Waals surface area (Å²) in [6.45, 7) is 0. The summed E-state index contributed by atoms with van der Waals surface area (Å²) < 4.78 is 8.85. The second-order valence-corrected chi connectivity index (χ2v) is 13.7. The minimum absolute atomic E-state index is 0.853. The van der Waals surface area contributed by atoms with Crippen LogP contribution in [0.3, 0.4) is 0 Å². The number of fused-ring (bicyclic) bond motifs is 7. The van der Waals surface area contributed by atoms with Crippen LogP contribution in [0.4, 0.5) is 0 Å². The van der Waals surface area contributed by atoms with Crippen LogP contribution in [0.25, 0.3) is 105 Å². The molecule has 4 nitrogen and oxygen atoms in total. The first kappa shape index (κ1) is 30.3. The summed E-state index contributed by atoms with van der Waals surface area (Å²) in [6.07, 6.45) is 0. The average Bonchev–Trinajstić information content (AvgIpc) is 3.82. The van der Waals surface area contributed by atoms with Gasteiger partial charge in [0.05, 0.1) is 22.2 Å². The predicted octanol–water partition coefficient (Wildman–Crippen LogP) is 13.3. The van der Waals surface area contributed by atoms with Gasteiger partial charge in [-0.3, -0.25) is 4.57 Å². The molecule has 11 rings (SSSR count). The Kier molecular flexibility index (Phi) is 6.82. The van der Waals surface area contributed by atoms with Crippen molar-refractivity contribution in [1.29, 1.82) is 0 Å². The van der Waals surface area contributed by atoms with Crippen LogP contribution in [0, 0.1) is 0 Å². The maximum absolute atomic E-state index is 6.60. The third-order valence-corrected chi connectivity index (χ3v) is 10.6. The fraction of sp³-hybridized carbons (Fsp3) is 0. The van der Waals surface area contributed by atoms with Crippen LogP contribution in [-0.4, -0.2) is 14.5 Å². The van der Waals surface area contributed by atoms with E-state index < -0.39 is 0 Å². The molecule has 0 atom stereocenters. The zero-order valence-electron chi connectivity index (χ0n) is 29.1. The molecule has 3 aromatic heterocycles. The highest BCUT2D eigenvalue weighted by molar-refractivity contribution is 6.27. The van der Waals surface area contributed by atoms with E-state index in [0.717, 1.165) is 99.8 Å². The Labute approximate surface area is 311 Å². The van der Waals surface area contributed by atoms with Gasteiger partial charge in [0.1, 0.15) is 17.0 Å². The van der Waals surface area contributed by atoms with E-state index in [1.54, 1.807) is 0 Å². The van der Waals surface area contributed by atoms with Crippen molar-refractivity contribution in [2.45, 2.75) is 0 Å². The molecule has 11 aromatic rings. The predicted molar refractivity (Wildman–Crippen MR) is 223 cm³/mol. The number of para-hydroxylation sites is 5. The molecular weight excluding hydrogens is 659 g/mol. The Balaban J connectivity index is 1.13. The van der Waals surface area contributed by atoms with Gasteiger partial charge in [-0.25, -0.2) is 9.97 Å². The van der Waals surface area contributed by atoms with Crippen molar-refractivity contribution < 1.29 is 4.42 Å². The molecule has 0 saturated heterocycles. The molecule has 0 unspecified atom stereocenters. The van der Waals surface area contributed by atoms with Gasteiger partial charge in [-0.05, 0) is 71.3 Å². The SMILES string of the molecule is c1ccc(-c2c3c(cc4c(-c5cccc(-c6cccc(-c7nc8ccccc8n7-c7ccccc7)c6)c5)nc5ccccc5c24)oc2ccccc23)cc1. The molecule has 0 radical (unpaired) electrons. The molecule has 0 bridgehead atoms. The van der Waals surface area contributed by atoms with Crippen molar-refractivity contribution in [3.05, 3.63) is 188 Å². The van der Waals surface area contributed by atoms with Crippen molar-refractivity contribution in [2.24, 2.45) is 0 Å². The first-order valence-corrected chi connectivity index (χ1v) is 18.2. The summed E-state index contributed by atoms with van der Waals surface area (Å²) in [7, 11) is 0. The Morgan fingerprint density at radius 2 is 1.00 bits per heavy atom. The number of hydrogen-bond donors (Lipinski definition) is 0. The number of pyridine rings is 1. The number of benzene rings is 8. The lowest BCUT2D eigenvalue weighted by molar-refractivity contribution is 0.669. The smallest absolute Gasteiger partial charge is 0.145 e. The molecule has 0 aliphatic rings. The molecule has 0 aliphatic heterocycles. The summed E-state index contributed by atoms with van der Waals surface area (Å²) in [5.41, 5.74) is 13.3. The molecule has 0 amide bonds. The number of nitrogens with zero attached hydrogens (tertiary/aromatic N) is 3. The average molecular weight is 690 g/mol. The van der Waals surface area contributed by atoms with E-state index in [9.17, 15) is 0 Å². The van der Waals surface area contributed by atoms with Crippen LogP contribution in [0.2, 0.25) is 0 Å². The van der Waals surface area contributed by atoms with Crippen LogP contribution < -0.4 is 0 Å². The summed E-state index contributed by atoms with van der Waals surface area (Å²) in [5, 5.41) is 5.58. The number of rotatable bonds is 5. The van der Waals surface area contributed by atoms with Crippen molar-refractivity contribution >= 4 is 54.6 Å². The van der Waals surface area contributed by atoms with Crippen LogP contribution in [0.1, 0.15) is 0 Å². The van der Waals surface area contributed by atoms with E-state index in [1.165, 1.54) is 5.39 Å². The fourth-order valence-electron chi connectivity index (χ4n) is 8.17. The van der Waals surface area contributed by atoms with Crippen molar-refractivity contribution in [1.82, 2.24) is 14.5 Å². The summed E-state index contributed by atoms with van der Waals surface area (Å²) in [6, 6.07) is 66.0. The van der Waals surface area contributed by atoms with Gasteiger partial charge in [0, 0.05) is 49.3 Å². The first-order chi connectivity index (χ1) is 26.8. The Bertz CT molecular complexity index is 3210. The highest BCUT2D eigenvalue weighted by atomic mass is 16.3. The molecule has 8 aromatic carbocycles. The Morgan fingerprint density at radius 3 is 1.81 bits per heavy atom. The van der Waals surface area contributed by atoms with Crippen LogP contribution in [-0.2, 0) is 0 Å². The zero-order valence-corrected chi connectivity index (χ0v) is 29.1. The van der Waals surface area contributed by atoms with Gasteiger partial charge >= 0.3 is 0 Å². The molecule has 0 fully saturated rings. The van der Waals surface area contributed by atoms with Crippen LogP contribution in [0.5, 0.6) is 0 Å². The largest absolute Gasteiger partial charge is 0.456 e. The second-order valence-electron chi connectivity index (χ2n) is 13.7. The topological polar surface area (TPSA) is 43.9 Å². The molecule has 0 aliphatic carbocycles. The number of furan rings is 1. The highest BCUT2D eigenvalue weighted by Gasteiger charge is 2.22. The van der Waals surface area contributed by atoms with Gasteiger partial charge in [0.2, 0.25) is 0 Å². The molecule has 0 N–H and O–H groups in total.